The Labute approximate surface area is 235 Å². The third-order valence-corrected chi connectivity index (χ3v) is 7.32. The lowest BCUT2D eigenvalue weighted by Gasteiger charge is -2.16. The van der Waals surface area contributed by atoms with Gasteiger partial charge in [-0.15, -0.1) is 0 Å². The molecule has 0 bridgehead atoms. The van der Waals surface area contributed by atoms with Crippen molar-refractivity contribution in [2.24, 2.45) is 6.98 Å². The normalized spacial score (nSPS) is 19.0. The molecule has 1 aliphatic rings. The van der Waals surface area contributed by atoms with Crippen LogP contribution >= 0.6 is 0 Å². The van der Waals surface area contributed by atoms with E-state index in [1.165, 1.54) is 29.9 Å². The summed E-state index contributed by atoms with van der Waals surface area (Å²) in [4.78, 5) is 33.4. The van der Waals surface area contributed by atoms with E-state index in [0.29, 0.717) is 23.8 Å². The number of hydrogen-bond donors (Lipinski definition) is 3. The summed E-state index contributed by atoms with van der Waals surface area (Å²) in [5.74, 6) is -0.225. The number of amides is 1. The summed E-state index contributed by atoms with van der Waals surface area (Å²) in [6, 6.07) is 4.93. The molecule has 5 rings (SSSR count). The van der Waals surface area contributed by atoms with Crippen LogP contribution in [0.5, 0.6) is 0 Å². The number of aromatic nitrogens is 4. The van der Waals surface area contributed by atoms with Crippen molar-refractivity contribution in [1.29, 1.82) is 0 Å². The molecule has 1 saturated carbocycles. The van der Waals surface area contributed by atoms with Crippen molar-refractivity contribution >= 4 is 55.4 Å². The van der Waals surface area contributed by atoms with Gasteiger partial charge in [-0.3, -0.25) is 13.9 Å². The van der Waals surface area contributed by atoms with Crippen LogP contribution in [0, 0.1) is 0 Å². The Morgan fingerprint density at radius 1 is 1.20 bits per heavy atom. The number of para-hydroxylation sites is 1. The lowest BCUT2D eigenvalue weighted by Crippen LogP contribution is -2.33. The molecule has 0 aliphatic heterocycles. The van der Waals surface area contributed by atoms with Crippen molar-refractivity contribution in [2.45, 2.75) is 37.5 Å². The number of fused-ring (bicyclic) bond motifs is 2. The van der Waals surface area contributed by atoms with Crippen LogP contribution in [0.15, 0.2) is 41.3 Å². The van der Waals surface area contributed by atoms with Gasteiger partial charge in [0.05, 0.1) is 47.4 Å². The zero-order chi connectivity index (χ0) is 32.2. The van der Waals surface area contributed by atoms with Gasteiger partial charge in [-0.1, -0.05) is 12.1 Å². The Morgan fingerprint density at radius 3 is 2.66 bits per heavy atom. The van der Waals surface area contributed by atoms with E-state index in [1.54, 1.807) is 0 Å². The first-order valence-corrected chi connectivity index (χ1v) is 14.1. The summed E-state index contributed by atoms with van der Waals surface area (Å²) in [5, 5.41) is 5.33. The molecule has 2 atom stereocenters. The average molecular weight is 597 g/mol. The maximum absolute atomic E-state index is 13.8. The molecule has 1 fully saturated rings. The van der Waals surface area contributed by atoms with Crippen LogP contribution in [0.4, 0.5) is 35.3 Å². The van der Waals surface area contributed by atoms with Crippen molar-refractivity contribution in [1.82, 2.24) is 24.4 Å². The maximum Gasteiger partial charge on any atom is 0.418 e. The molecule has 218 valence electrons. The fourth-order valence-electron chi connectivity index (χ4n) is 5.04. The van der Waals surface area contributed by atoms with Crippen LogP contribution in [0.1, 0.15) is 35.0 Å². The Hall–Kier alpha value is -4.34. The van der Waals surface area contributed by atoms with E-state index in [-0.39, 0.29) is 39.8 Å². The van der Waals surface area contributed by atoms with Crippen molar-refractivity contribution in [3.05, 3.63) is 52.6 Å². The molecule has 0 radical (unpaired) electrons. The number of sulfonamides is 1. The van der Waals surface area contributed by atoms with Crippen molar-refractivity contribution in [2.75, 3.05) is 23.4 Å². The van der Waals surface area contributed by atoms with Crippen LogP contribution in [-0.2, 0) is 27.9 Å². The number of alkyl carbamates (subject to hydrolysis) is 1. The lowest BCUT2D eigenvalue weighted by atomic mass is 10.1. The van der Waals surface area contributed by atoms with E-state index in [9.17, 15) is 31.2 Å². The van der Waals surface area contributed by atoms with Crippen LogP contribution in [0.2, 0.25) is 0 Å². The molecule has 0 saturated heterocycles. The average Bonchev–Trinajstić information content (AvgIpc) is 3.47. The Bertz CT molecular complexity index is 1940. The number of rotatable bonds is 6. The van der Waals surface area contributed by atoms with Crippen molar-refractivity contribution in [3.8, 4) is 0 Å². The number of carbonyl (C=O) groups excluding carboxylic acids is 1. The highest BCUT2D eigenvalue weighted by molar-refractivity contribution is 7.92. The quantitative estimate of drug-likeness (QED) is 0.304. The van der Waals surface area contributed by atoms with Gasteiger partial charge < -0.3 is 15.4 Å². The molecule has 41 heavy (non-hydrogen) atoms. The Morgan fingerprint density at radius 2 is 1.98 bits per heavy atom. The predicted molar refractivity (Wildman–Crippen MR) is 146 cm³/mol. The van der Waals surface area contributed by atoms with Gasteiger partial charge in [0.15, 0.2) is 0 Å². The fraction of sp³-hybridized carbons (Fsp3) is 0.360. The predicted octanol–water partition coefficient (Wildman–Crippen LogP) is 3.87. The fourth-order valence-corrected chi connectivity index (χ4v) is 5.61. The summed E-state index contributed by atoms with van der Waals surface area (Å²) in [6.07, 6.45) is -2.26. The van der Waals surface area contributed by atoms with Crippen molar-refractivity contribution < 1.29 is 35.2 Å². The molecule has 12 nitrogen and oxygen atoms in total. The number of nitrogens with zero attached hydrogens (tertiary/aromatic N) is 4. The third kappa shape index (κ3) is 5.64. The number of ether oxygens (including phenoxy) is 1. The molecule has 1 amide bonds. The zero-order valence-corrected chi connectivity index (χ0v) is 22.4. The van der Waals surface area contributed by atoms with Gasteiger partial charge in [0.25, 0.3) is 0 Å². The molecule has 16 heteroatoms. The van der Waals surface area contributed by atoms with E-state index in [1.807, 2.05) is 0 Å². The highest BCUT2D eigenvalue weighted by atomic mass is 32.2. The van der Waals surface area contributed by atoms with Gasteiger partial charge >= 0.3 is 18.0 Å². The minimum absolute atomic E-state index is 0.0159. The topological polar surface area (TPSA) is 149 Å². The van der Waals surface area contributed by atoms with Crippen LogP contribution in [0.25, 0.3) is 21.9 Å². The van der Waals surface area contributed by atoms with E-state index < -0.39 is 52.1 Å². The Kier molecular flexibility index (Phi) is 6.11. The minimum Gasteiger partial charge on any atom is -0.453 e. The highest BCUT2D eigenvalue weighted by Gasteiger charge is 2.34. The summed E-state index contributed by atoms with van der Waals surface area (Å²) in [7, 11) is -2.70. The highest BCUT2D eigenvalue weighted by Crippen LogP contribution is 2.38. The van der Waals surface area contributed by atoms with E-state index >= 15 is 0 Å². The molecular formula is C25H26F3N7O5S. The second-order valence-corrected chi connectivity index (χ2v) is 11.3. The standard InChI is InChI=1S/C25H26F3N7O5S/c1-34-19-12-29-20(11-18(19)35(24(34)37)14-8-7-13(9-14)30-23(36)40-2)31-21-10-17(33-41(3,38)39)15-5-4-6-16(22(15)32-21)25(26,27)28/h4-6,10-14H,7-9H2,1-3H3,(H,30,36)(H2,29,31,32,33)/t13-,14-/m1/s1/i1D3. The molecule has 3 heterocycles. The van der Waals surface area contributed by atoms with Gasteiger partial charge in [0.2, 0.25) is 10.0 Å². The Balaban J connectivity index is 1.62. The van der Waals surface area contributed by atoms with Crippen LogP contribution in [-0.4, -0.2) is 53.0 Å². The smallest absolute Gasteiger partial charge is 0.418 e. The zero-order valence-electron chi connectivity index (χ0n) is 24.6. The molecular weight excluding hydrogens is 567 g/mol. The first-order chi connectivity index (χ1) is 20.5. The number of anilines is 3. The number of alkyl halides is 3. The number of nitrogens with one attached hydrogen (secondary N) is 3. The van der Waals surface area contributed by atoms with Gasteiger partial charge in [-0.25, -0.2) is 28.0 Å². The number of pyridine rings is 2. The van der Waals surface area contributed by atoms with Gasteiger partial charge in [-0.05, 0) is 25.3 Å². The molecule has 1 aromatic carbocycles. The summed E-state index contributed by atoms with van der Waals surface area (Å²) in [5.41, 5.74) is -2.49. The second-order valence-electron chi connectivity index (χ2n) is 9.60. The van der Waals surface area contributed by atoms with Gasteiger partial charge in [-0.2, -0.15) is 13.2 Å². The molecule has 1 aliphatic carbocycles. The van der Waals surface area contributed by atoms with Gasteiger partial charge in [0.1, 0.15) is 11.6 Å². The summed E-state index contributed by atoms with van der Waals surface area (Å²) < 4.78 is 98.1. The molecule has 0 unspecified atom stereocenters. The number of carbonyl (C=O) groups is 1. The first-order valence-electron chi connectivity index (χ1n) is 13.7. The van der Waals surface area contributed by atoms with Crippen LogP contribution in [0.3, 0.4) is 0 Å². The number of methoxy groups -OCH3 is 1. The molecule has 3 aromatic heterocycles. The maximum atomic E-state index is 13.8. The summed E-state index contributed by atoms with van der Waals surface area (Å²) in [6.45, 7) is -2.86. The van der Waals surface area contributed by atoms with E-state index in [4.69, 9.17) is 4.11 Å². The van der Waals surface area contributed by atoms with Gasteiger partial charge in [0, 0.05) is 40.7 Å². The largest absolute Gasteiger partial charge is 0.453 e. The minimum atomic E-state index is -4.80. The number of aryl methyl sites for hydroxylation is 1. The summed E-state index contributed by atoms with van der Waals surface area (Å²) >= 11 is 0. The third-order valence-electron chi connectivity index (χ3n) is 6.73. The van der Waals surface area contributed by atoms with E-state index in [2.05, 4.69) is 30.1 Å². The van der Waals surface area contributed by atoms with E-state index in [0.717, 1.165) is 24.6 Å². The number of imidazole rings is 1. The molecule has 3 N–H and O–H groups in total. The SMILES string of the molecule is [2H]C([2H])([2H])n1c(=O)n([C@@H]2CC[C@@H](NC(=O)OC)C2)c2cc(Nc3cc(NS(C)(=O)=O)c4cccc(C(F)(F)F)c4n3)ncc21. The molecule has 4 aromatic rings. The monoisotopic (exact) mass is 596 g/mol. The van der Waals surface area contributed by atoms with Crippen molar-refractivity contribution in [3.63, 3.8) is 0 Å². The number of benzene rings is 1. The van der Waals surface area contributed by atoms with Crippen LogP contribution < -0.4 is 21.0 Å². The first kappa shape index (κ1) is 24.5. The number of hydrogen-bond acceptors (Lipinski definition) is 8. The molecule has 0 spiro atoms. The lowest BCUT2D eigenvalue weighted by molar-refractivity contribution is -0.136. The second kappa shape index (κ2) is 10.2. The number of halogens is 3.